The number of benzene rings is 1. The van der Waals surface area contributed by atoms with Crippen LogP contribution < -0.4 is 5.56 Å². The molecule has 0 aliphatic carbocycles. The van der Waals surface area contributed by atoms with Gasteiger partial charge in [0.25, 0.3) is 5.56 Å². The summed E-state index contributed by atoms with van der Waals surface area (Å²) in [5.74, 6) is 0.688. The molecule has 2 rings (SSSR count). The summed E-state index contributed by atoms with van der Waals surface area (Å²) < 4.78 is 1.65. The summed E-state index contributed by atoms with van der Waals surface area (Å²) in [6.45, 7) is 0. The van der Waals surface area contributed by atoms with Crippen molar-refractivity contribution in [2.45, 2.75) is 6.42 Å². The van der Waals surface area contributed by atoms with Gasteiger partial charge in [-0.05, 0) is 40.3 Å². The van der Waals surface area contributed by atoms with Crippen LogP contribution in [-0.4, -0.2) is 9.97 Å². The molecule has 2 aromatic rings. The fraction of sp³-hybridized carbons (Fsp3) is 0.0909. The van der Waals surface area contributed by atoms with E-state index in [1.807, 2.05) is 46.9 Å². The van der Waals surface area contributed by atoms with Crippen molar-refractivity contribution in [2.24, 2.45) is 0 Å². The van der Waals surface area contributed by atoms with E-state index in [4.69, 9.17) is 0 Å². The maximum Gasteiger partial charge on any atom is 0.264 e. The van der Waals surface area contributed by atoms with Crippen molar-refractivity contribution in [3.05, 3.63) is 60.2 Å². The molecule has 0 aliphatic heterocycles. The molecule has 0 saturated heterocycles. The molecule has 0 aliphatic rings. The Kier molecular flexibility index (Phi) is 3.75. The van der Waals surface area contributed by atoms with Crippen LogP contribution >= 0.6 is 38.5 Å². The Hall–Kier alpha value is -0.690. The Labute approximate surface area is 115 Å². The summed E-state index contributed by atoms with van der Waals surface area (Å²) in [5.41, 5.74) is 1.04. The number of aromatic nitrogens is 2. The standard InChI is InChI=1S/C11H8BrIN2O/c12-8-3-1-7(2-4-8)5-10-14-6-9(13)11(16)15-10/h1-4,6H,5H2,(H,14,15,16). The topological polar surface area (TPSA) is 45.8 Å². The summed E-state index contributed by atoms with van der Waals surface area (Å²) in [4.78, 5) is 18.3. The fourth-order valence-corrected chi connectivity index (χ4v) is 1.84. The number of nitrogens with one attached hydrogen (secondary N) is 1. The zero-order valence-corrected chi connectivity index (χ0v) is 11.9. The first-order valence-corrected chi connectivity index (χ1v) is 6.50. The van der Waals surface area contributed by atoms with Gasteiger partial charge in [0.2, 0.25) is 0 Å². The minimum Gasteiger partial charge on any atom is -0.309 e. The van der Waals surface area contributed by atoms with Crippen LogP contribution in [0.5, 0.6) is 0 Å². The first kappa shape index (κ1) is 11.8. The monoisotopic (exact) mass is 390 g/mol. The van der Waals surface area contributed by atoms with Crippen LogP contribution in [-0.2, 0) is 6.42 Å². The highest BCUT2D eigenvalue weighted by molar-refractivity contribution is 14.1. The third-order valence-corrected chi connectivity index (χ3v) is 3.39. The normalized spacial score (nSPS) is 10.4. The molecule has 0 radical (unpaired) electrons. The molecule has 0 amide bonds. The van der Waals surface area contributed by atoms with Gasteiger partial charge in [0.1, 0.15) is 5.82 Å². The maximum absolute atomic E-state index is 11.4. The number of H-pyrrole nitrogens is 1. The summed E-state index contributed by atoms with van der Waals surface area (Å²) in [6.07, 6.45) is 2.23. The van der Waals surface area contributed by atoms with Gasteiger partial charge < -0.3 is 4.98 Å². The van der Waals surface area contributed by atoms with Gasteiger partial charge in [0.05, 0.1) is 3.57 Å². The van der Waals surface area contributed by atoms with Crippen molar-refractivity contribution in [2.75, 3.05) is 0 Å². The molecule has 0 saturated carbocycles. The van der Waals surface area contributed by atoms with E-state index in [0.29, 0.717) is 15.8 Å². The smallest absolute Gasteiger partial charge is 0.264 e. The van der Waals surface area contributed by atoms with E-state index in [0.717, 1.165) is 10.0 Å². The van der Waals surface area contributed by atoms with Crippen molar-refractivity contribution in [1.82, 2.24) is 9.97 Å². The lowest BCUT2D eigenvalue weighted by atomic mass is 10.1. The van der Waals surface area contributed by atoms with Crippen molar-refractivity contribution < 1.29 is 0 Å². The second-order valence-corrected chi connectivity index (χ2v) is 5.39. The van der Waals surface area contributed by atoms with E-state index in [2.05, 4.69) is 25.9 Å². The first-order chi connectivity index (χ1) is 7.65. The summed E-state index contributed by atoms with van der Waals surface area (Å²) in [7, 11) is 0. The molecule has 1 aromatic heterocycles. The maximum atomic E-state index is 11.4. The lowest BCUT2D eigenvalue weighted by molar-refractivity contribution is 0.936. The van der Waals surface area contributed by atoms with Crippen LogP contribution in [0.25, 0.3) is 0 Å². The highest BCUT2D eigenvalue weighted by Gasteiger charge is 2.01. The Morgan fingerprint density at radius 2 is 2.00 bits per heavy atom. The minimum absolute atomic E-state index is 0.0808. The van der Waals surface area contributed by atoms with Gasteiger partial charge in [-0.15, -0.1) is 0 Å². The molecule has 1 heterocycles. The summed E-state index contributed by atoms with van der Waals surface area (Å²) in [6, 6.07) is 7.95. The third-order valence-electron chi connectivity index (χ3n) is 2.09. The van der Waals surface area contributed by atoms with Gasteiger partial charge in [-0.2, -0.15) is 0 Å². The average molecular weight is 391 g/mol. The molecular weight excluding hydrogens is 383 g/mol. The number of aromatic amines is 1. The fourth-order valence-electron chi connectivity index (χ4n) is 1.30. The Balaban J connectivity index is 2.24. The first-order valence-electron chi connectivity index (χ1n) is 4.63. The molecule has 0 spiro atoms. The Bertz CT molecular complexity index is 551. The molecule has 16 heavy (non-hydrogen) atoms. The molecule has 0 unspecified atom stereocenters. The highest BCUT2D eigenvalue weighted by atomic mass is 127. The zero-order valence-electron chi connectivity index (χ0n) is 8.21. The van der Waals surface area contributed by atoms with E-state index >= 15 is 0 Å². The number of halogens is 2. The highest BCUT2D eigenvalue weighted by Crippen LogP contribution is 2.12. The molecule has 82 valence electrons. The lowest BCUT2D eigenvalue weighted by Crippen LogP contribution is -2.13. The minimum atomic E-state index is -0.0808. The number of nitrogens with zero attached hydrogens (tertiary/aromatic N) is 1. The molecule has 0 atom stereocenters. The van der Waals surface area contributed by atoms with Crippen LogP contribution in [0.15, 0.2) is 39.7 Å². The molecular formula is C11H8BrIN2O. The number of rotatable bonds is 2. The summed E-state index contributed by atoms with van der Waals surface area (Å²) in [5, 5.41) is 0. The SMILES string of the molecule is O=c1[nH]c(Cc2ccc(Br)cc2)ncc1I. The van der Waals surface area contributed by atoms with Gasteiger partial charge in [-0.25, -0.2) is 4.98 Å². The van der Waals surface area contributed by atoms with E-state index in [-0.39, 0.29) is 5.56 Å². The predicted molar refractivity (Wildman–Crippen MR) is 74.5 cm³/mol. The van der Waals surface area contributed by atoms with E-state index in [9.17, 15) is 4.79 Å². The number of hydrogen-bond donors (Lipinski definition) is 1. The van der Waals surface area contributed by atoms with E-state index < -0.39 is 0 Å². The molecule has 1 N–H and O–H groups in total. The van der Waals surface area contributed by atoms with E-state index in [1.165, 1.54) is 0 Å². The van der Waals surface area contributed by atoms with Gasteiger partial charge in [-0.1, -0.05) is 28.1 Å². The van der Waals surface area contributed by atoms with Crippen molar-refractivity contribution in [3.63, 3.8) is 0 Å². The predicted octanol–water partition coefficient (Wildman–Crippen LogP) is 2.73. The van der Waals surface area contributed by atoms with Crippen LogP contribution in [0.1, 0.15) is 11.4 Å². The molecule has 1 aromatic carbocycles. The van der Waals surface area contributed by atoms with Crippen LogP contribution in [0.3, 0.4) is 0 Å². The summed E-state index contributed by atoms with van der Waals surface area (Å²) >= 11 is 5.34. The van der Waals surface area contributed by atoms with Crippen molar-refractivity contribution in [3.8, 4) is 0 Å². The van der Waals surface area contributed by atoms with Gasteiger partial charge in [-0.3, -0.25) is 4.79 Å². The lowest BCUT2D eigenvalue weighted by Gasteiger charge is -2.01. The second-order valence-electron chi connectivity index (χ2n) is 3.31. The zero-order chi connectivity index (χ0) is 11.5. The van der Waals surface area contributed by atoms with Crippen LogP contribution in [0.2, 0.25) is 0 Å². The van der Waals surface area contributed by atoms with Gasteiger partial charge >= 0.3 is 0 Å². The number of hydrogen-bond acceptors (Lipinski definition) is 2. The largest absolute Gasteiger partial charge is 0.309 e. The molecule has 3 nitrogen and oxygen atoms in total. The molecule has 0 bridgehead atoms. The Morgan fingerprint density at radius 1 is 1.31 bits per heavy atom. The van der Waals surface area contributed by atoms with Gasteiger partial charge in [0, 0.05) is 17.1 Å². The molecule has 5 heteroatoms. The third kappa shape index (κ3) is 2.91. The Morgan fingerprint density at radius 3 is 2.62 bits per heavy atom. The van der Waals surface area contributed by atoms with Crippen LogP contribution in [0.4, 0.5) is 0 Å². The van der Waals surface area contributed by atoms with Crippen molar-refractivity contribution in [1.29, 1.82) is 0 Å². The van der Waals surface area contributed by atoms with Crippen LogP contribution in [0, 0.1) is 3.57 Å². The van der Waals surface area contributed by atoms with Gasteiger partial charge in [0.15, 0.2) is 0 Å². The second kappa shape index (κ2) is 5.09. The van der Waals surface area contributed by atoms with E-state index in [1.54, 1.807) is 6.20 Å². The van der Waals surface area contributed by atoms with Crippen molar-refractivity contribution >= 4 is 38.5 Å². The average Bonchev–Trinajstić information content (AvgIpc) is 2.27. The molecule has 0 fully saturated rings. The quantitative estimate of drug-likeness (QED) is 0.801.